The van der Waals surface area contributed by atoms with Crippen LogP contribution >= 0.6 is 0 Å². The summed E-state index contributed by atoms with van der Waals surface area (Å²) in [4.78, 5) is 24.6. The molecule has 32 heavy (non-hydrogen) atoms. The van der Waals surface area contributed by atoms with E-state index in [1.807, 2.05) is 0 Å². The summed E-state index contributed by atoms with van der Waals surface area (Å²) in [6.45, 7) is 2.15. The molecule has 3 rings (SSSR count). The van der Waals surface area contributed by atoms with Gasteiger partial charge in [-0.2, -0.15) is 13.2 Å². The molecule has 1 fully saturated rings. The number of ether oxygens (including phenoxy) is 2. The van der Waals surface area contributed by atoms with E-state index in [-0.39, 0.29) is 17.4 Å². The SMILES string of the molecule is CC[Si]C1CCC(OC(=O)c2ccc(C(=O)Oc3ccc(C(F)(F)F)cc3)c(F)c2)CC1. The van der Waals surface area contributed by atoms with Crippen molar-refractivity contribution in [1.82, 2.24) is 0 Å². The fourth-order valence-electron chi connectivity index (χ4n) is 3.57. The van der Waals surface area contributed by atoms with E-state index in [1.165, 1.54) is 6.07 Å². The molecule has 1 saturated carbocycles. The Hall–Kier alpha value is -2.68. The number of hydrogen-bond acceptors (Lipinski definition) is 4. The summed E-state index contributed by atoms with van der Waals surface area (Å²) in [6.07, 6.45) is -1.14. The van der Waals surface area contributed by atoms with Gasteiger partial charge in [0.25, 0.3) is 0 Å². The van der Waals surface area contributed by atoms with Crippen molar-refractivity contribution in [1.29, 1.82) is 0 Å². The third-order valence-corrected chi connectivity index (χ3v) is 6.82. The number of alkyl halides is 3. The van der Waals surface area contributed by atoms with Crippen molar-refractivity contribution in [3.8, 4) is 5.75 Å². The quantitative estimate of drug-likeness (QED) is 0.224. The lowest BCUT2D eigenvalue weighted by Gasteiger charge is -2.27. The number of esters is 2. The van der Waals surface area contributed by atoms with Gasteiger partial charge in [0.2, 0.25) is 0 Å². The van der Waals surface area contributed by atoms with Crippen LogP contribution in [0.2, 0.25) is 11.6 Å². The largest absolute Gasteiger partial charge is 0.459 e. The van der Waals surface area contributed by atoms with Crippen LogP contribution in [0, 0.1) is 5.82 Å². The number of rotatable bonds is 6. The summed E-state index contributed by atoms with van der Waals surface area (Å²) in [7, 11) is 0.919. The van der Waals surface area contributed by atoms with Gasteiger partial charge < -0.3 is 9.47 Å². The lowest BCUT2D eigenvalue weighted by atomic mass is 9.97. The summed E-state index contributed by atoms with van der Waals surface area (Å²) >= 11 is 0. The zero-order valence-electron chi connectivity index (χ0n) is 17.4. The molecule has 0 unspecified atom stereocenters. The standard InChI is InChI=1S/C23H22F4O4Si/c1-2-32-18-10-8-17(9-11-18)30-21(28)14-3-12-19(20(24)13-14)22(29)31-16-6-4-15(5-7-16)23(25,26)27/h3-7,12-13,17-18H,2,8-11H2,1H3. The van der Waals surface area contributed by atoms with Crippen LogP contribution in [-0.4, -0.2) is 27.6 Å². The van der Waals surface area contributed by atoms with Gasteiger partial charge in [0, 0.05) is 9.52 Å². The maximum atomic E-state index is 14.4. The van der Waals surface area contributed by atoms with Gasteiger partial charge in [-0.3, -0.25) is 0 Å². The van der Waals surface area contributed by atoms with Gasteiger partial charge in [0.15, 0.2) is 0 Å². The first-order chi connectivity index (χ1) is 15.2. The van der Waals surface area contributed by atoms with E-state index in [0.717, 1.165) is 77.6 Å². The Morgan fingerprint density at radius 3 is 2.22 bits per heavy atom. The molecular formula is C23H22F4O4Si. The molecule has 9 heteroatoms. The Balaban J connectivity index is 1.59. The van der Waals surface area contributed by atoms with Crippen LogP contribution in [0.25, 0.3) is 0 Å². The molecule has 0 heterocycles. The maximum absolute atomic E-state index is 14.4. The van der Waals surface area contributed by atoms with Gasteiger partial charge in [-0.25, -0.2) is 14.0 Å². The molecule has 170 valence electrons. The molecule has 0 saturated heterocycles. The van der Waals surface area contributed by atoms with Crippen LogP contribution in [-0.2, 0) is 10.9 Å². The molecule has 0 bridgehead atoms. The van der Waals surface area contributed by atoms with Gasteiger partial charge in [-0.15, -0.1) is 0 Å². The first-order valence-corrected chi connectivity index (χ1v) is 11.6. The van der Waals surface area contributed by atoms with Crippen molar-refractivity contribution in [2.45, 2.75) is 56.5 Å². The minimum Gasteiger partial charge on any atom is -0.459 e. The normalized spacial score (nSPS) is 18.8. The number of carbonyl (C=O) groups excluding carboxylic acids is 2. The number of hydrogen-bond donors (Lipinski definition) is 0. The molecule has 0 amide bonds. The van der Waals surface area contributed by atoms with Gasteiger partial charge in [0.05, 0.1) is 16.7 Å². The second kappa shape index (κ2) is 10.3. The summed E-state index contributed by atoms with van der Waals surface area (Å²) in [5.74, 6) is -2.89. The predicted molar refractivity (Wildman–Crippen MR) is 110 cm³/mol. The molecule has 2 radical (unpaired) electrons. The van der Waals surface area contributed by atoms with E-state index in [1.54, 1.807) is 0 Å². The summed E-state index contributed by atoms with van der Waals surface area (Å²) < 4.78 is 62.7. The minimum absolute atomic E-state index is 0.0221. The zero-order valence-corrected chi connectivity index (χ0v) is 18.4. The van der Waals surface area contributed by atoms with Crippen LogP contribution in [0.1, 0.15) is 58.9 Å². The van der Waals surface area contributed by atoms with E-state index in [4.69, 9.17) is 9.47 Å². The maximum Gasteiger partial charge on any atom is 0.416 e. The smallest absolute Gasteiger partial charge is 0.416 e. The highest BCUT2D eigenvalue weighted by Gasteiger charge is 2.30. The monoisotopic (exact) mass is 466 g/mol. The van der Waals surface area contributed by atoms with Gasteiger partial charge in [-0.05, 0) is 73.7 Å². The van der Waals surface area contributed by atoms with Crippen molar-refractivity contribution >= 4 is 21.5 Å². The molecule has 1 aliphatic carbocycles. The predicted octanol–water partition coefficient (Wildman–Crippen LogP) is 6.09. The Labute approximate surface area is 185 Å². The van der Waals surface area contributed by atoms with Crippen LogP contribution in [0.3, 0.4) is 0 Å². The third kappa shape index (κ3) is 6.18. The minimum atomic E-state index is -4.52. The van der Waals surface area contributed by atoms with Crippen molar-refractivity contribution in [2.75, 3.05) is 0 Å². The van der Waals surface area contributed by atoms with Crippen LogP contribution < -0.4 is 4.74 Å². The second-order valence-electron chi connectivity index (χ2n) is 7.54. The van der Waals surface area contributed by atoms with Crippen molar-refractivity contribution in [3.05, 3.63) is 65.0 Å². The average molecular weight is 467 g/mol. The fraction of sp³-hybridized carbons (Fsp3) is 0.391. The summed E-state index contributed by atoms with van der Waals surface area (Å²) in [5.41, 5.74) is -0.679. The van der Waals surface area contributed by atoms with E-state index < -0.39 is 35.1 Å². The van der Waals surface area contributed by atoms with Gasteiger partial charge in [-0.1, -0.05) is 13.0 Å². The Kier molecular flexibility index (Phi) is 7.71. The summed E-state index contributed by atoms with van der Waals surface area (Å²) in [6, 6.07) is 7.87. The molecule has 0 aliphatic heterocycles. The fourth-order valence-corrected chi connectivity index (χ4v) is 4.89. The number of halogens is 4. The third-order valence-electron chi connectivity index (χ3n) is 5.26. The van der Waals surface area contributed by atoms with E-state index in [2.05, 4.69) is 6.92 Å². The van der Waals surface area contributed by atoms with E-state index in [0.29, 0.717) is 5.54 Å². The summed E-state index contributed by atoms with van der Waals surface area (Å²) in [5, 5.41) is 0. The zero-order chi connectivity index (χ0) is 23.3. The molecule has 0 N–H and O–H groups in total. The molecule has 4 nitrogen and oxygen atoms in total. The van der Waals surface area contributed by atoms with Crippen molar-refractivity contribution in [2.24, 2.45) is 0 Å². The van der Waals surface area contributed by atoms with Crippen molar-refractivity contribution < 1.29 is 36.6 Å². The van der Waals surface area contributed by atoms with Crippen molar-refractivity contribution in [3.63, 3.8) is 0 Å². The number of benzene rings is 2. The van der Waals surface area contributed by atoms with E-state index in [9.17, 15) is 27.2 Å². The second-order valence-corrected chi connectivity index (χ2v) is 9.47. The molecule has 0 aromatic heterocycles. The molecular weight excluding hydrogens is 444 g/mol. The Bertz CT molecular complexity index is 951. The van der Waals surface area contributed by atoms with Crippen LogP contribution in [0.15, 0.2) is 42.5 Å². The van der Waals surface area contributed by atoms with Crippen LogP contribution in [0.5, 0.6) is 5.75 Å². The number of carbonyl (C=O) groups is 2. The first kappa shape index (κ1) is 24.0. The van der Waals surface area contributed by atoms with E-state index >= 15 is 0 Å². The van der Waals surface area contributed by atoms with Gasteiger partial charge in [0.1, 0.15) is 17.7 Å². The highest BCUT2D eigenvalue weighted by atomic mass is 28.2. The average Bonchev–Trinajstić information content (AvgIpc) is 2.75. The molecule has 2 aromatic rings. The Morgan fingerprint density at radius 2 is 1.66 bits per heavy atom. The van der Waals surface area contributed by atoms with Crippen LogP contribution in [0.4, 0.5) is 17.6 Å². The molecule has 2 aromatic carbocycles. The highest BCUT2D eigenvalue weighted by molar-refractivity contribution is 6.37. The molecule has 0 atom stereocenters. The molecule has 1 aliphatic rings. The topological polar surface area (TPSA) is 52.6 Å². The Morgan fingerprint density at radius 1 is 1.00 bits per heavy atom. The van der Waals surface area contributed by atoms with Gasteiger partial charge >= 0.3 is 18.1 Å². The first-order valence-electron chi connectivity index (χ1n) is 10.3. The molecule has 0 spiro atoms. The lowest BCUT2D eigenvalue weighted by Crippen LogP contribution is -2.24. The lowest BCUT2D eigenvalue weighted by molar-refractivity contribution is -0.137. The highest BCUT2D eigenvalue weighted by Crippen LogP contribution is 2.32.